The Balaban J connectivity index is 1.92. The van der Waals surface area contributed by atoms with Gasteiger partial charge in [0.2, 0.25) is 0 Å². The number of aryl methyl sites for hydroxylation is 1. The minimum atomic E-state index is -1.51. The van der Waals surface area contributed by atoms with Crippen LogP contribution in [0.15, 0.2) is 55.1 Å². The van der Waals surface area contributed by atoms with E-state index >= 15 is 0 Å². The Kier molecular flexibility index (Phi) is 5.81. The van der Waals surface area contributed by atoms with Crippen molar-refractivity contribution in [3.63, 3.8) is 0 Å². The quantitative estimate of drug-likeness (QED) is 0.596. The van der Waals surface area contributed by atoms with E-state index in [0.717, 1.165) is 18.6 Å². The molecule has 1 N–H and O–H groups in total. The number of rotatable bonds is 7. The summed E-state index contributed by atoms with van der Waals surface area (Å²) in [5.41, 5.74) is -0.216. The number of aromatic nitrogens is 3. The maximum atomic E-state index is 14.4. The van der Waals surface area contributed by atoms with Crippen LogP contribution < -0.4 is 4.46 Å². The van der Waals surface area contributed by atoms with Gasteiger partial charge < -0.3 is 0 Å². The van der Waals surface area contributed by atoms with Crippen LogP contribution in [0.3, 0.4) is 0 Å². The van der Waals surface area contributed by atoms with Gasteiger partial charge in [-0.3, -0.25) is 0 Å². The van der Waals surface area contributed by atoms with E-state index in [0.29, 0.717) is 5.32 Å². The molecule has 136 valence electrons. The predicted molar refractivity (Wildman–Crippen MR) is 96.3 cm³/mol. The second kappa shape index (κ2) is 8.08. The first-order valence-corrected chi connectivity index (χ1v) is 10.3. The summed E-state index contributed by atoms with van der Waals surface area (Å²) < 4.78 is 30.4. The Morgan fingerprint density at radius 3 is 2.69 bits per heavy atom. The van der Waals surface area contributed by atoms with Crippen molar-refractivity contribution in [3.05, 3.63) is 77.9 Å². The SMILES string of the molecule is CCc1ccccc1[Se]CC(O)(Cn1cncn1)c1ccc(F)cc1F. The number of benzene rings is 2. The van der Waals surface area contributed by atoms with Crippen molar-refractivity contribution in [2.45, 2.75) is 30.8 Å². The molecule has 4 nitrogen and oxygen atoms in total. The summed E-state index contributed by atoms with van der Waals surface area (Å²) >= 11 is -0.0945. The van der Waals surface area contributed by atoms with Crippen LogP contribution in [-0.4, -0.2) is 34.8 Å². The Morgan fingerprint density at radius 2 is 2.00 bits per heavy atom. The van der Waals surface area contributed by atoms with Gasteiger partial charge in [-0.15, -0.1) is 0 Å². The molecule has 1 aromatic heterocycles. The zero-order valence-electron chi connectivity index (χ0n) is 14.3. The minimum absolute atomic E-state index is 0.0472. The second-order valence-electron chi connectivity index (χ2n) is 6.00. The number of halogens is 2. The van der Waals surface area contributed by atoms with Gasteiger partial charge in [-0.2, -0.15) is 0 Å². The fraction of sp³-hybridized carbons (Fsp3) is 0.263. The third-order valence-corrected chi connectivity index (χ3v) is 6.94. The van der Waals surface area contributed by atoms with Crippen molar-refractivity contribution in [2.75, 3.05) is 0 Å². The summed E-state index contributed by atoms with van der Waals surface area (Å²) in [7, 11) is 0. The first-order valence-electron chi connectivity index (χ1n) is 8.23. The summed E-state index contributed by atoms with van der Waals surface area (Å²) in [4.78, 5) is 3.87. The molecule has 0 fully saturated rings. The van der Waals surface area contributed by atoms with Crippen LogP contribution in [0.25, 0.3) is 0 Å². The molecule has 2 aromatic carbocycles. The van der Waals surface area contributed by atoms with Crippen molar-refractivity contribution in [2.24, 2.45) is 0 Å². The fourth-order valence-corrected chi connectivity index (χ4v) is 5.34. The Morgan fingerprint density at radius 1 is 1.19 bits per heavy atom. The molecule has 0 aliphatic carbocycles. The average Bonchev–Trinajstić information content (AvgIpc) is 3.12. The van der Waals surface area contributed by atoms with Crippen molar-refractivity contribution in [1.29, 1.82) is 0 Å². The number of hydrogen-bond acceptors (Lipinski definition) is 3. The van der Waals surface area contributed by atoms with Gasteiger partial charge in [-0.25, -0.2) is 0 Å². The van der Waals surface area contributed by atoms with Crippen molar-refractivity contribution < 1.29 is 13.9 Å². The first kappa shape index (κ1) is 18.7. The summed E-state index contributed by atoms with van der Waals surface area (Å²) in [6.45, 7) is 2.13. The summed E-state index contributed by atoms with van der Waals surface area (Å²) in [5, 5.41) is 15.7. The van der Waals surface area contributed by atoms with Crippen molar-refractivity contribution in [1.82, 2.24) is 14.8 Å². The van der Waals surface area contributed by atoms with E-state index in [9.17, 15) is 13.9 Å². The van der Waals surface area contributed by atoms with Gasteiger partial charge in [-0.1, -0.05) is 0 Å². The molecular weight excluding hydrogens is 403 g/mol. The topological polar surface area (TPSA) is 50.9 Å². The molecule has 3 rings (SSSR count). The van der Waals surface area contributed by atoms with Crippen molar-refractivity contribution in [3.8, 4) is 0 Å². The van der Waals surface area contributed by atoms with Gasteiger partial charge in [0.25, 0.3) is 0 Å². The van der Waals surface area contributed by atoms with E-state index in [1.165, 1.54) is 33.4 Å². The molecule has 1 unspecified atom stereocenters. The fourth-order valence-electron chi connectivity index (χ4n) is 2.79. The number of hydrogen-bond donors (Lipinski definition) is 1. The van der Waals surface area contributed by atoms with Crippen LogP contribution in [-0.2, 0) is 18.6 Å². The van der Waals surface area contributed by atoms with Crippen LogP contribution in [0.1, 0.15) is 18.1 Å². The third-order valence-electron chi connectivity index (χ3n) is 4.14. The summed E-state index contributed by atoms with van der Waals surface area (Å²) in [5.74, 6) is -1.43. The van der Waals surface area contributed by atoms with Gasteiger partial charge in [0.05, 0.1) is 0 Å². The Bertz CT molecular complexity index is 873. The monoisotopic (exact) mass is 423 g/mol. The molecule has 26 heavy (non-hydrogen) atoms. The molecule has 1 atom stereocenters. The van der Waals surface area contributed by atoms with E-state index in [1.54, 1.807) is 0 Å². The van der Waals surface area contributed by atoms with Gasteiger partial charge >= 0.3 is 157 Å². The van der Waals surface area contributed by atoms with E-state index < -0.39 is 17.2 Å². The molecule has 0 radical (unpaired) electrons. The van der Waals surface area contributed by atoms with Crippen LogP contribution in [0, 0.1) is 11.6 Å². The van der Waals surface area contributed by atoms with E-state index in [-0.39, 0.29) is 27.1 Å². The van der Waals surface area contributed by atoms with Crippen LogP contribution in [0.4, 0.5) is 8.78 Å². The van der Waals surface area contributed by atoms with Gasteiger partial charge in [0.1, 0.15) is 0 Å². The summed E-state index contributed by atoms with van der Waals surface area (Å²) in [6.07, 6.45) is 3.72. The average molecular weight is 422 g/mol. The van der Waals surface area contributed by atoms with Crippen LogP contribution >= 0.6 is 0 Å². The zero-order chi connectivity index (χ0) is 18.6. The predicted octanol–water partition coefficient (Wildman–Crippen LogP) is 2.45. The molecule has 3 aromatic rings. The normalized spacial score (nSPS) is 13.5. The standard InChI is InChI=1S/C19H19F2N3OSe/c1-2-14-5-3-4-6-18(14)26-11-19(25,10-24-13-22-12-23-24)16-8-7-15(20)9-17(16)21/h3-9,12-13,25H,2,10-11H2,1H3. The number of aliphatic hydroxyl groups is 1. The molecule has 0 bridgehead atoms. The van der Waals surface area contributed by atoms with E-state index in [1.807, 2.05) is 18.2 Å². The van der Waals surface area contributed by atoms with Gasteiger partial charge in [0.15, 0.2) is 0 Å². The number of nitrogens with zero attached hydrogens (tertiary/aromatic N) is 3. The van der Waals surface area contributed by atoms with Gasteiger partial charge in [0, 0.05) is 0 Å². The van der Waals surface area contributed by atoms with Crippen molar-refractivity contribution >= 4 is 19.4 Å². The molecule has 0 saturated carbocycles. The molecular formula is C19H19F2N3OSe. The molecule has 0 spiro atoms. The van der Waals surface area contributed by atoms with Crippen LogP contribution in [0.5, 0.6) is 0 Å². The Hall–Kier alpha value is -2.08. The molecule has 1 heterocycles. The molecule has 0 aliphatic heterocycles. The second-order valence-corrected chi connectivity index (χ2v) is 8.13. The van der Waals surface area contributed by atoms with E-state index in [4.69, 9.17) is 0 Å². The molecule has 0 saturated heterocycles. The molecule has 7 heteroatoms. The summed E-state index contributed by atoms with van der Waals surface area (Å²) in [6, 6.07) is 11.3. The first-order chi connectivity index (χ1) is 12.5. The molecule has 0 aliphatic rings. The Labute approximate surface area is 157 Å². The van der Waals surface area contributed by atoms with Crippen LogP contribution in [0.2, 0.25) is 5.32 Å². The maximum absolute atomic E-state index is 14.4. The molecule has 0 amide bonds. The van der Waals surface area contributed by atoms with Gasteiger partial charge in [-0.05, 0) is 0 Å². The zero-order valence-corrected chi connectivity index (χ0v) is 16.0. The third kappa shape index (κ3) is 4.18. The van der Waals surface area contributed by atoms with E-state index in [2.05, 4.69) is 23.1 Å².